The van der Waals surface area contributed by atoms with Crippen molar-refractivity contribution in [1.29, 1.82) is 0 Å². The molecule has 0 N–H and O–H groups in total. The van der Waals surface area contributed by atoms with Crippen LogP contribution in [0.1, 0.15) is 42.7 Å². The number of amides is 1. The maximum Gasteiger partial charge on any atom is 0.289 e. The molecule has 0 saturated carbocycles. The van der Waals surface area contributed by atoms with E-state index < -0.39 is 0 Å². The molecule has 0 bridgehead atoms. The predicted octanol–water partition coefficient (Wildman–Crippen LogP) is 3.15. The van der Waals surface area contributed by atoms with Crippen molar-refractivity contribution in [2.24, 2.45) is 0 Å². The zero-order chi connectivity index (χ0) is 16.1. The third kappa shape index (κ3) is 4.58. The van der Waals surface area contributed by atoms with Gasteiger partial charge in [0.05, 0.1) is 0 Å². The molecule has 0 aliphatic carbocycles. The molecule has 3 rings (SSSR count). The first-order valence-corrected chi connectivity index (χ1v) is 9.40. The maximum absolute atomic E-state index is 12.8. The number of rotatable bonds is 6. The van der Waals surface area contributed by atoms with Crippen LogP contribution in [0.2, 0.25) is 0 Å². The van der Waals surface area contributed by atoms with Gasteiger partial charge in [0.25, 0.3) is 5.91 Å². The van der Waals surface area contributed by atoms with Crippen molar-refractivity contribution < 1.29 is 13.9 Å². The van der Waals surface area contributed by atoms with E-state index in [0.717, 1.165) is 45.6 Å². The van der Waals surface area contributed by atoms with Crippen LogP contribution in [0.25, 0.3) is 0 Å². The Bertz CT molecular complexity index is 508. The number of carbonyl (C=O) groups is 1. The Morgan fingerprint density at radius 2 is 2.00 bits per heavy atom. The molecule has 2 fully saturated rings. The summed E-state index contributed by atoms with van der Waals surface area (Å²) in [5.74, 6) is 0.425. The van der Waals surface area contributed by atoms with Gasteiger partial charge in [0.15, 0.2) is 10.4 Å². The molecule has 2 saturated heterocycles. The summed E-state index contributed by atoms with van der Waals surface area (Å²) in [5.41, 5.74) is 0. The van der Waals surface area contributed by atoms with E-state index in [-0.39, 0.29) is 11.9 Å². The van der Waals surface area contributed by atoms with E-state index in [2.05, 4.69) is 20.8 Å². The number of ether oxygens (including phenoxy) is 1. The van der Waals surface area contributed by atoms with E-state index in [1.807, 2.05) is 4.90 Å². The summed E-state index contributed by atoms with van der Waals surface area (Å²) in [6.45, 7) is 5.75. The van der Waals surface area contributed by atoms with Crippen LogP contribution in [-0.2, 0) is 4.74 Å². The second-order valence-corrected chi connectivity index (χ2v) is 7.13. The van der Waals surface area contributed by atoms with Crippen LogP contribution in [-0.4, -0.2) is 61.1 Å². The summed E-state index contributed by atoms with van der Waals surface area (Å²) < 4.78 is 11.5. The fourth-order valence-corrected chi connectivity index (χ4v) is 3.79. The highest BCUT2D eigenvalue weighted by atomic mass is 79.9. The number of hydrogen-bond donors (Lipinski definition) is 0. The highest BCUT2D eigenvalue weighted by Gasteiger charge is 2.28. The Morgan fingerprint density at radius 1 is 1.26 bits per heavy atom. The molecule has 1 aromatic rings. The van der Waals surface area contributed by atoms with Gasteiger partial charge in [-0.1, -0.05) is 0 Å². The second kappa shape index (κ2) is 8.31. The highest BCUT2D eigenvalue weighted by Crippen LogP contribution is 2.21. The highest BCUT2D eigenvalue weighted by molar-refractivity contribution is 9.10. The number of hydrogen-bond acceptors (Lipinski definition) is 4. The molecule has 23 heavy (non-hydrogen) atoms. The zero-order valence-corrected chi connectivity index (χ0v) is 15.1. The van der Waals surface area contributed by atoms with Crippen LogP contribution in [0.15, 0.2) is 21.2 Å². The van der Waals surface area contributed by atoms with Gasteiger partial charge in [-0.2, -0.15) is 0 Å². The minimum Gasteiger partial charge on any atom is -0.444 e. The quantitative estimate of drug-likeness (QED) is 0.755. The van der Waals surface area contributed by atoms with Gasteiger partial charge >= 0.3 is 0 Å². The Labute approximate surface area is 146 Å². The van der Waals surface area contributed by atoms with Gasteiger partial charge in [-0.25, -0.2) is 0 Å². The molecule has 0 atom stereocenters. The van der Waals surface area contributed by atoms with Crippen molar-refractivity contribution in [3.8, 4) is 0 Å². The van der Waals surface area contributed by atoms with E-state index in [1.165, 1.54) is 25.9 Å². The third-order valence-electron chi connectivity index (χ3n) is 4.75. The lowest BCUT2D eigenvalue weighted by atomic mass is 10.1. The second-order valence-electron chi connectivity index (χ2n) is 6.35. The zero-order valence-electron chi connectivity index (χ0n) is 13.5. The molecule has 0 aromatic carbocycles. The van der Waals surface area contributed by atoms with E-state index >= 15 is 0 Å². The van der Waals surface area contributed by atoms with Gasteiger partial charge in [-0.3, -0.25) is 4.79 Å². The van der Waals surface area contributed by atoms with Crippen molar-refractivity contribution in [2.45, 2.75) is 38.1 Å². The minimum absolute atomic E-state index is 0.00372. The molecule has 0 radical (unpaired) electrons. The summed E-state index contributed by atoms with van der Waals surface area (Å²) in [7, 11) is 0. The van der Waals surface area contributed by atoms with Gasteiger partial charge in [0.1, 0.15) is 0 Å². The van der Waals surface area contributed by atoms with Crippen molar-refractivity contribution in [3.63, 3.8) is 0 Å². The van der Waals surface area contributed by atoms with Crippen molar-refractivity contribution in [1.82, 2.24) is 9.80 Å². The number of nitrogens with zero attached hydrogens (tertiary/aromatic N) is 2. The van der Waals surface area contributed by atoms with Crippen LogP contribution >= 0.6 is 15.9 Å². The third-order valence-corrected chi connectivity index (χ3v) is 5.17. The lowest BCUT2D eigenvalue weighted by Crippen LogP contribution is -2.44. The van der Waals surface area contributed by atoms with Gasteiger partial charge in [-0.05, 0) is 79.8 Å². The maximum atomic E-state index is 12.8. The van der Waals surface area contributed by atoms with E-state index in [1.54, 1.807) is 12.1 Å². The van der Waals surface area contributed by atoms with Gasteiger partial charge < -0.3 is 19.0 Å². The molecule has 1 amide bonds. The first-order valence-electron chi connectivity index (χ1n) is 8.60. The average molecular weight is 385 g/mol. The first-order chi connectivity index (χ1) is 11.2. The molecule has 6 heteroatoms. The van der Waals surface area contributed by atoms with E-state index in [4.69, 9.17) is 9.15 Å². The molecular weight excluding hydrogens is 360 g/mol. The standard InChI is InChI=1S/C17H25BrN2O3/c18-16-5-4-15(23-16)17(21)20(14-6-12-22-13-7-14)11-3-10-19-8-1-2-9-19/h4-5,14H,1-3,6-13H2. The molecule has 5 nitrogen and oxygen atoms in total. The van der Waals surface area contributed by atoms with Crippen molar-refractivity contribution in [3.05, 3.63) is 22.6 Å². The molecule has 128 valence electrons. The average Bonchev–Trinajstić information content (AvgIpc) is 3.23. The summed E-state index contributed by atoms with van der Waals surface area (Å²) in [6.07, 6.45) is 5.46. The topological polar surface area (TPSA) is 45.9 Å². The van der Waals surface area contributed by atoms with Crippen molar-refractivity contribution in [2.75, 3.05) is 39.4 Å². The van der Waals surface area contributed by atoms with Crippen LogP contribution in [0.5, 0.6) is 0 Å². The Morgan fingerprint density at radius 3 is 2.65 bits per heavy atom. The summed E-state index contributed by atoms with van der Waals surface area (Å²) >= 11 is 3.28. The van der Waals surface area contributed by atoms with E-state index in [0.29, 0.717) is 10.4 Å². The van der Waals surface area contributed by atoms with Crippen molar-refractivity contribution >= 4 is 21.8 Å². The lowest BCUT2D eigenvalue weighted by molar-refractivity contribution is 0.0263. The molecule has 1 aromatic heterocycles. The number of likely N-dealkylation sites (tertiary alicyclic amines) is 1. The smallest absolute Gasteiger partial charge is 0.289 e. The molecule has 2 aliphatic rings. The SMILES string of the molecule is O=C(c1ccc(Br)o1)N(CCCN1CCCC1)C1CCOCC1. The number of furan rings is 1. The summed E-state index contributed by atoms with van der Waals surface area (Å²) in [5, 5.41) is 0. The van der Waals surface area contributed by atoms with Gasteiger partial charge in [0.2, 0.25) is 0 Å². The molecule has 3 heterocycles. The van der Waals surface area contributed by atoms with Crippen LogP contribution < -0.4 is 0 Å². The monoisotopic (exact) mass is 384 g/mol. The summed E-state index contributed by atoms with van der Waals surface area (Å²) in [4.78, 5) is 17.3. The Hall–Kier alpha value is -0.850. The van der Waals surface area contributed by atoms with Gasteiger partial charge in [0, 0.05) is 25.8 Å². The Balaban J connectivity index is 1.61. The molecule has 2 aliphatic heterocycles. The Kier molecular flexibility index (Phi) is 6.14. The van der Waals surface area contributed by atoms with Crippen LogP contribution in [0.3, 0.4) is 0 Å². The van der Waals surface area contributed by atoms with Crippen LogP contribution in [0.4, 0.5) is 0 Å². The number of carbonyl (C=O) groups excluding carboxylic acids is 1. The molecular formula is C17H25BrN2O3. The lowest BCUT2D eigenvalue weighted by Gasteiger charge is -2.34. The van der Waals surface area contributed by atoms with Gasteiger partial charge in [-0.15, -0.1) is 0 Å². The van der Waals surface area contributed by atoms with Crippen LogP contribution in [0, 0.1) is 0 Å². The first kappa shape index (κ1) is 17.0. The minimum atomic E-state index is 0.00372. The molecule has 0 unspecified atom stereocenters. The fraction of sp³-hybridized carbons (Fsp3) is 0.706. The molecule has 0 spiro atoms. The fourth-order valence-electron chi connectivity index (χ4n) is 3.49. The summed E-state index contributed by atoms with van der Waals surface area (Å²) in [6, 6.07) is 3.79. The van der Waals surface area contributed by atoms with E-state index in [9.17, 15) is 4.79 Å². The normalized spacial score (nSPS) is 20.0. The largest absolute Gasteiger partial charge is 0.444 e. The number of halogens is 1. The predicted molar refractivity (Wildman–Crippen MR) is 91.6 cm³/mol.